The van der Waals surface area contributed by atoms with Crippen molar-refractivity contribution in [1.82, 2.24) is 10.2 Å². The lowest BCUT2D eigenvalue weighted by Crippen LogP contribution is -2.49. The summed E-state index contributed by atoms with van der Waals surface area (Å²) in [6.07, 6.45) is -3.78. The van der Waals surface area contributed by atoms with Crippen molar-refractivity contribution in [1.29, 1.82) is 0 Å². The first-order valence-electron chi connectivity index (χ1n) is 6.34. The Morgan fingerprint density at radius 3 is 2.21 bits per heavy atom. The highest BCUT2D eigenvalue weighted by molar-refractivity contribution is 14.0. The predicted molar refractivity (Wildman–Crippen MR) is 82.0 cm³/mol. The van der Waals surface area contributed by atoms with Gasteiger partial charge in [0.1, 0.15) is 0 Å². The summed E-state index contributed by atoms with van der Waals surface area (Å²) < 4.78 is 36.2. The molecule has 0 aromatic carbocycles. The quantitative estimate of drug-likeness (QED) is 0.444. The van der Waals surface area contributed by atoms with Crippen LogP contribution in [0.25, 0.3) is 0 Å². The number of alkyl halides is 3. The summed E-state index contributed by atoms with van der Waals surface area (Å²) in [7, 11) is 1.61. The Balaban J connectivity index is 0.00000324. The van der Waals surface area contributed by atoms with Gasteiger partial charge in [0, 0.05) is 26.7 Å². The Bertz CT molecular complexity index is 284. The second-order valence-electron chi connectivity index (χ2n) is 5.19. The van der Waals surface area contributed by atoms with Crippen LogP contribution in [0.3, 0.4) is 0 Å². The smallest absolute Gasteiger partial charge is 0.356 e. The van der Waals surface area contributed by atoms with E-state index in [4.69, 9.17) is 0 Å². The van der Waals surface area contributed by atoms with Gasteiger partial charge in [0.05, 0.1) is 6.42 Å². The third-order valence-electron chi connectivity index (χ3n) is 3.07. The number of nitrogens with one attached hydrogen (secondary N) is 1. The molecule has 2 atom stereocenters. The zero-order chi connectivity index (χ0) is 13.8. The molecule has 0 aromatic heterocycles. The maximum Gasteiger partial charge on any atom is 0.390 e. The summed E-state index contributed by atoms with van der Waals surface area (Å²) in [5, 5.41) is 2.79. The number of rotatable bonds is 2. The van der Waals surface area contributed by atoms with Crippen LogP contribution in [0, 0.1) is 11.8 Å². The van der Waals surface area contributed by atoms with Crippen LogP contribution in [-0.4, -0.2) is 43.7 Å². The van der Waals surface area contributed by atoms with Crippen LogP contribution in [0.4, 0.5) is 13.2 Å². The SMILES string of the molecule is CN=C(NCCC(F)(F)F)N1CC(C)CC(C)C1.I. The number of hydrogen-bond acceptors (Lipinski definition) is 1. The highest BCUT2D eigenvalue weighted by Crippen LogP contribution is 2.21. The highest BCUT2D eigenvalue weighted by Gasteiger charge is 2.28. The maximum atomic E-state index is 12.1. The molecule has 1 heterocycles. The molecule has 1 saturated heterocycles. The van der Waals surface area contributed by atoms with Crippen LogP contribution >= 0.6 is 24.0 Å². The van der Waals surface area contributed by atoms with E-state index in [1.54, 1.807) is 7.05 Å². The molecule has 1 rings (SSSR count). The normalized spacial score (nSPS) is 24.9. The van der Waals surface area contributed by atoms with Gasteiger partial charge in [-0.15, -0.1) is 24.0 Å². The fourth-order valence-electron chi connectivity index (χ4n) is 2.48. The van der Waals surface area contributed by atoms with E-state index in [1.807, 2.05) is 0 Å². The van der Waals surface area contributed by atoms with Gasteiger partial charge < -0.3 is 10.2 Å². The number of likely N-dealkylation sites (tertiary alicyclic amines) is 1. The summed E-state index contributed by atoms with van der Waals surface area (Å²) >= 11 is 0. The van der Waals surface area contributed by atoms with Crippen molar-refractivity contribution in [2.75, 3.05) is 26.7 Å². The van der Waals surface area contributed by atoms with Crippen molar-refractivity contribution in [3.05, 3.63) is 0 Å². The summed E-state index contributed by atoms with van der Waals surface area (Å²) in [4.78, 5) is 6.12. The number of guanidine groups is 1. The van der Waals surface area contributed by atoms with E-state index in [9.17, 15) is 13.2 Å². The average molecular weight is 393 g/mol. The molecule has 1 aliphatic rings. The number of aliphatic imine (C=N–C) groups is 1. The van der Waals surface area contributed by atoms with Gasteiger partial charge in [-0.05, 0) is 18.3 Å². The Morgan fingerprint density at radius 1 is 1.26 bits per heavy atom. The lowest BCUT2D eigenvalue weighted by atomic mass is 9.92. The van der Waals surface area contributed by atoms with Gasteiger partial charge in [0.2, 0.25) is 0 Å². The molecule has 1 N–H and O–H groups in total. The molecule has 2 unspecified atom stereocenters. The monoisotopic (exact) mass is 393 g/mol. The maximum absolute atomic E-state index is 12.1. The largest absolute Gasteiger partial charge is 0.390 e. The lowest BCUT2D eigenvalue weighted by Gasteiger charge is -2.37. The summed E-state index contributed by atoms with van der Waals surface area (Å²) in [5.74, 6) is 1.68. The van der Waals surface area contributed by atoms with Gasteiger partial charge in [-0.2, -0.15) is 13.2 Å². The molecule has 0 amide bonds. The zero-order valence-electron chi connectivity index (χ0n) is 11.6. The van der Waals surface area contributed by atoms with Gasteiger partial charge in [0.15, 0.2) is 5.96 Å². The van der Waals surface area contributed by atoms with Crippen LogP contribution < -0.4 is 5.32 Å². The van der Waals surface area contributed by atoms with Crippen LogP contribution in [0.5, 0.6) is 0 Å². The van der Waals surface area contributed by atoms with Crippen LogP contribution in [0.15, 0.2) is 4.99 Å². The van der Waals surface area contributed by atoms with Crippen molar-refractivity contribution < 1.29 is 13.2 Å². The Morgan fingerprint density at radius 2 is 1.79 bits per heavy atom. The summed E-state index contributed by atoms with van der Waals surface area (Å²) in [6.45, 7) is 5.92. The third-order valence-corrected chi connectivity index (χ3v) is 3.07. The van der Waals surface area contributed by atoms with E-state index in [0.29, 0.717) is 17.8 Å². The van der Waals surface area contributed by atoms with Crippen LogP contribution in [0.1, 0.15) is 26.7 Å². The first-order valence-corrected chi connectivity index (χ1v) is 6.34. The Kier molecular flexibility index (Phi) is 8.07. The fraction of sp³-hybridized carbons (Fsp3) is 0.917. The van der Waals surface area contributed by atoms with Crippen LogP contribution in [0.2, 0.25) is 0 Å². The molecule has 0 radical (unpaired) electrons. The van der Waals surface area contributed by atoms with E-state index >= 15 is 0 Å². The lowest BCUT2D eigenvalue weighted by molar-refractivity contribution is -0.132. The van der Waals surface area contributed by atoms with Crippen molar-refractivity contribution in [3.63, 3.8) is 0 Å². The molecular formula is C12H23F3IN3. The van der Waals surface area contributed by atoms with E-state index < -0.39 is 12.6 Å². The summed E-state index contributed by atoms with van der Waals surface area (Å²) in [6, 6.07) is 0. The first kappa shape index (κ1) is 18.8. The molecule has 19 heavy (non-hydrogen) atoms. The molecule has 0 saturated carbocycles. The number of nitrogens with zero attached hydrogens (tertiary/aromatic N) is 2. The van der Waals surface area contributed by atoms with Crippen molar-refractivity contribution in [2.45, 2.75) is 32.9 Å². The second kappa shape index (κ2) is 8.16. The Hall–Kier alpha value is -0.210. The number of hydrogen-bond donors (Lipinski definition) is 1. The van der Waals surface area contributed by atoms with Gasteiger partial charge >= 0.3 is 6.18 Å². The summed E-state index contributed by atoms with van der Waals surface area (Å²) in [5.41, 5.74) is 0. The van der Waals surface area contributed by atoms with Crippen LogP contribution in [-0.2, 0) is 0 Å². The number of piperidine rings is 1. The number of halogens is 4. The van der Waals surface area contributed by atoms with E-state index in [2.05, 4.69) is 29.1 Å². The molecule has 0 aliphatic carbocycles. The van der Waals surface area contributed by atoms with Crippen molar-refractivity contribution in [3.8, 4) is 0 Å². The van der Waals surface area contributed by atoms with Crippen molar-refractivity contribution >= 4 is 29.9 Å². The molecule has 0 aromatic rings. The molecule has 0 spiro atoms. The van der Waals surface area contributed by atoms with E-state index in [1.165, 1.54) is 0 Å². The van der Waals surface area contributed by atoms with Crippen molar-refractivity contribution in [2.24, 2.45) is 16.8 Å². The molecule has 7 heteroatoms. The predicted octanol–water partition coefficient (Wildman–Crippen LogP) is 3.11. The molecule has 1 fully saturated rings. The molecule has 1 aliphatic heterocycles. The Labute approximate surface area is 130 Å². The van der Waals surface area contributed by atoms with Gasteiger partial charge in [-0.3, -0.25) is 4.99 Å². The third kappa shape index (κ3) is 7.22. The van der Waals surface area contributed by atoms with E-state index in [-0.39, 0.29) is 30.5 Å². The molecule has 114 valence electrons. The molecule has 0 bridgehead atoms. The van der Waals surface area contributed by atoms with Gasteiger partial charge in [-0.1, -0.05) is 13.8 Å². The topological polar surface area (TPSA) is 27.6 Å². The standard InChI is InChI=1S/C12H22F3N3.HI/c1-9-6-10(2)8-18(7-9)11(16-3)17-5-4-12(13,14)15;/h9-10H,4-8H2,1-3H3,(H,16,17);1H. The van der Waals surface area contributed by atoms with E-state index in [0.717, 1.165) is 19.5 Å². The fourth-order valence-corrected chi connectivity index (χ4v) is 2.48. The highest BCUT2D eigenvalue weighted by atomic mass is 127. The molecular weight excluding hydrogens is 370 g/mol. The first-order chi connectivity index (χ1) is 8.31. The second-order valence-corrected chi connectivity index (χ2v) is 5.19. The van der Waals surface area contributed by atoms with Gasteiger partial charge in [-0.25, -0.2) is 0 Å². The average Bonchev–Trinajstić information content (AvgIpc) is 2.21. The minimum atomic E-state index is -4.12. The minimum Gasteiger partial charge on any atom is -0.356 e. The molecule has 3 nitrogen and oxygen atoms in total. The van der Waals surface area contributed by atoms with Gasteiger partial charge in [0.25, 0.3) is 0 Å². The zero-order valence-corrected chi connectivity index (χ0v) is 14.0. The minimum absolute atomic E-state index is 0.